The van der Waals surface area contributed by atoms with E-state index in [1.165, 1.54) is 0 Å². The molecule has 0 heterocycles. The van der Waals surface area contributed by atoms with Crippen molar-refractivity contribution in [2.45, 2.75) is 19.3 Å². The van der Waals surface area contributed by atoms with Gasteiger partial charge in [-0.2, -0.15) is 0 Å². The summed E-state index contributed by atoms with van der Waals surface area (Å²) in [6.07, 6.45) is 0.484. The van der Waals surface area contributed by atoms with Gasteiger partial charge >= 0.3 is 5.97 Å². The van der Waals surface area contributed by atoms with E-state index >= 15 is 0 Å². The largest absolute Gasteiger partial charge is 0.481 e. The molecule has 0 aliphatic carbocycles. The van der Waals surface area contributed by atoms with E-state index in [0.29, 0.717) is 6.42 Å². The average Bonchev–Trinajstić information content (AvgIpc) is 2.26. The molecule has 2 unspecified atom stereocenters. The molecule has 1 aromatic carbocycles. The number of hydrogen-bond acceptors (Lipinski definition) is 2. The van der Waals surface area contributed by atoms with Crippen molar-refractivity contribution in [2.75, 3.05) is 6.61 Å². The van der Waals surface area contributed by atoms with Crippen LogP contribution in [0.15, 0.2) is 30.3 Å². The summed E-state index contributed by atoms with van der Waals surface area (Å²) in [5, 5.41) is 17.9. The Morgan fingerprint density at radius 2 is 1.93 bits per heavy atom. The Bertz CT molecular complexity index is 308. The smallest absolute Gasteiger partial charge is 0.306 e. The Hall–Kier alpha value is -1.35. The zero-order valence-corrected chi connectivity index (χ0v) is 8.76. The quantitative estimate of drug-likeness (QED) is 0.776. The van der Waals surface area contributed by atoms with E-state index in [9.17, 15) is 4.79 Å². The van der Waals surface area contributed by atoms with Crippen LogP contribution in [0.25, 0.3) is 0 Å². The second kappa shape index (κ2) is 5.51. The summed E-state index contributed by atoms with van der Waals surface area (Å²) >= 11 is 0. The van der Waals surface area contributed by atoms with Crippen LogP contribution in [0.3, 0.4) is 0 Å². The average molecular weight is 208 g/mol. The lowest BCUT2D eigenvalue weighted by Gasteiger charge is -2.20. The van der Waals surface area contributed by atoms with Gasteiger partial charge in [0.1, 0.15) is 0 Å². The fraction of sp³-hybridized carbons (Fsp3) is 0.417. The van der Waals surface area contributed by atoms with Crippen molar-refractivity contribution in [3.63, 3.8) is 0 Å². The minimum atomic E-state index is -0.822. The summed E-state index contributed by atoms with van der Waals surface area (Å²) in [5.74, 6) is -1.41. The van der Waals surface area contributed by atoms with Gasteiger partial charge < -0.3 is 10.2 Å². The van der Waals surface area contributed by atoms with Crippen LogP contribution in [0.2, 0.25) is 0 Å². The van der Waals surface area contributed by atoms with Gasteiger partial charge in [0.15, 0.2) is 0 Å². The van der Waals surface area contributed by atoms with Gasteiger partial charge in [-0.15, -0.1) is 0 Å². The molecule has 0 aliphatic rings. The number of hydrogen-bond donors (Lipinski definition) is 2. The summed E-state index contributed by atoms with van der Waals surface area (Å²) in [6, 6.07) is 9.47. The maximum atomic E-state index is 10.9. The highest BCUT2D eigenvalue weighted by molar-refractivity contribution is 5.70. The second-order valence-corrected chi connectivity index (χ2v) is 3.66. The first-order chi connectivity index (χ1) is 7.16. The van der Waals surface area contributed by atoms with Crippen molar-refractivity contribution in [3.05, 3.63) is 35.9 Å². The van der Waals surface area contributed by atoms with Gasteiger partial charge in [0.05, 0.1) is 5.92 Å². The van der Waals surface area contributed by atoms with Crippen molar-refractivity contribution in [2.24, 2.45) is 5.92 Å². The highest BCUT2D eigenvalue weighted by atomic mass is 16.4. The molecule has 0 aromatic heterocycles. The molecular formula is C12H16O3. The Balaban J connectivity index is 2.87. The number of carboxylic acid groups (broad SMARTS) is 1. The molecule has 0 fully saturated rings. The molecule has 3 heteroatoms. The summed E-state index contributed by atoms with van der Waals surface area (Å²) in [6.45, 7) is 1.69. The van der Waals surface area contributed by atoms with Gasteiger partial charge in [-0.3, -0.25) is 4.79 Å². The maximum absolute atomic E-state index is 10.9. The first kappa shape index (κ1) is 11.7. The Kier molecular flexibility index (Phi) is 4.31. The lowest BCUT2D eigenvalue weighted by Crippen LogP contribution is -2.20. The fourth-order valence-corrected chi connectivity index (χ4v) is 1.72. The Morgan fingerprint density at radius 1 is 1.33 bits per heavy atom. The van der Waals surface area contributed by atoms with Crippen LogP contribution in [0.4, 0.5) is 0 Å². The molecule has 2 atom stereocenters. The van der Waals surface area contributed by atoms with Crippen molar-refractivity contribution < 1.29 is 15.0 Å². The predicted molar refractivity (Wildman–Crippen MR) is 57.7 cm³/mol. The third kappa shape index (κ3) is 3.06. The van der Waals surface area contributed by atoms with Gasteiger partial charge in [-0.1, -0.05) is 37.3 Å². The molecule has 1 aromatic rings. The van der Waals surface area contributed by atoms with E-state index in [2.05, 4.69) is 0 Å². The molecule has 2 N–H and O–H groups in total. The number of aliphatic hydroxyl groups excluding tert-OH is 1. The summed E-state index contributed by atoms with van der Waals surface area (Å²) in [7, 11) is 0. The van der Waals surface area contributed by atoms with Crippen molar-refractivity contribution in [1.82, 2.24) is 0 Å². The highest BCUT2D eigenvalue weighted by Gasteiger charge is 2.24. The zero-order valence-electron chi connectivity index (χ0n) is 8.76. The molecule has 15 heavy (non-hydrogen) atoms. The van der Waals surface area contributed by atoms with Gasteiger partial charge in [-0.05, 0) is 17.9 Å². The molecule has 0 amide bonds. The second-order valence-electron chi connectivity index (χ2n) is 3.66. The number of aliphatic carboxylic acids is 1. The van der Waals surface area contributed by atoms with Gasteiger partial charge in [0, 0.05) is 6.61 Å². The predicted octanol–water partition coefficient (Wildman–Crippen LogP) is 1.87. The van der Waals surface area contributed by atoms with Crippen LogP contribution in [0.5, 0.6) is 0 Å². The van der Waals surface area contributed by atoms with Crippen LogP contribution >= 0.6 is 0 Å². The third-order valence-corrected chi connectivity index (χ3v) is 2.66. The van der Waals surface area contributed by atoms with E-state index in [1.54, 1.807) is 6.92 Å². The molecular weight excluding hydrogens is 192 g/mol. The Labute approximate surface area is 89.4 Å². The van der Waals surface area contributed by atoms with E-state index < -0.39 is 11.9 Å². The van der Waals surface area contributed by atoms with Crippen LogP contribution < -0.4 is 0 Å². The number of aliphatic hydroxyl groups is 1. The van der Waals surface area contributed by atoms with Crippen molar-refractivity contribution in [1.29, 1.82) is 0 Å². The zero-order chi connectivity index (χ0) is 11.3. The first-order valence-electron chi connectivity index (χ1n) is 5.05. The van der Waals surface area contributed by atoms with E-state index in [4.69, 9.17) is 10.2 Å². The fourth-order valence-electron chi connectivity index (χ4n) is 1.72. The highest BCUT2D eigenvalue weighted by Crippen LogP contribution is 2.27. The lowest BCUT2D eigenvalue weighted by atomic mass is 9.85. The molecule has 0 saturated heterocycles. The van der Waals surface area contributed by atoms with Crippen LogP contribution in [-0.4, -0.2) is 22.8 Å². The summed E-state index contributed by atoms with van der Waals surface area (Å²) in [5.41, 5.74) is 0.974. The number of rotatable bonds is 5. The molecule has 0 radical (unpaired) electrons. The van der Waals surface area contributed by atoms with E-state index in [-0.39, 0.29) is 12.5 Å². The summed E-state index contributed by atoms with van der Waals surface area (Å²) < 4.78 is 0. The van der Waals surface area contributed by atoms with Crippen LogP contribution in [0, 0.1) is 5.92 Å². The van der Waals surface area contributed by atoms with E-state index in [1.807, 2.05) is 30.3 Å². The number of carbonyl (C=O) groups is 1. The van der Waals surface area contributed by atoms with Gasteiger partial charge in [0.25, 0.3) is 0 Å². The molecule has 0 aliphatic heterocycles. The molecule has 1 rings (SSSR count). The molecule has 3 nitrogen and oxygen atoms in total. The molecule has 0 spiro atoms. The van der Waals surface area contributed by atoms with Crippen LogP contribution in [0.1, 0.15) is 24.8 Å². The Morgan fingerprint density at radius 3 is 2.40 bits per heavy atom. The third-order valence-electron chi connectivity index (χ3n) is 2.66. The monoisotopic (exact) mass is 208 g/mol. The standard InChI is InChI=1S/C12H16O3/c1-9(12(14)15)11(7-8-13)10-5-3-2-4-6-10/h2-6,9,11,13H,7-8H2,1H3,(H,14,15). The normalized spacial score (nSPS) is 14.5. The van der Waals surface area contributed by atoms with Gasteiger partial charge in [0.2, 0.25) is 0 Å². The van der Waals surface area contributed by atoms with E-state index in [0.717, 1.165) is 5.56 Å². The van der Waals surface area contributed by atoms with Crippen molar-refractivity contribution in [3.8, 4) is 0 Å². The topological polar surface area (TPSA) is 57.5 Å². The molecule has 0 bridgehead atoms. The first-order valence-corrected chi connectivity index (χ1v) is 5.05. The lowest BCUT2D eigenvalue weighted by molar-refractivity contribution is -0.142. The number of benzene rings is 1. The molecule has 82 valence electrons. The van der Waals surface area contributed by atoms with Crippen molar-refractivity contribution >= 4 is 5.97 Å². The SMILES string of the molecule is CC(C(=O)O)C(CCO)c1ccccc1. The van der Waals surface area contributed by atoms with Crippen LogP contribution in [-0.2, 0) is 4.79 Å². The minimum Gasteiger partial charge on any atom is -0.481 e. The maximum Gasteiger partial charge on any atom is 0.306 e. The van der Waals surface area contributed by atoms with Gasteiger partial charge in [-0.25, -0.2) is 0 Å². The molecule has 0 saturated carbocycles. The number of carboxylic acids is 1. The summed E-state index contributed by atoms with van der Waals surface area (Å²) in [4.78, 5) is 10.9. The minimum absolute atomic E-state index is 0.0111.